The number of sulfone groups is 1. The third-order valence-corrected chi connectivity index (χ3v) is 7.38. The normalized spacial score (nSPS) is 25.4. The minimum absolute atomic E-state index is 0.00596. The molecule has 1 aromatic rings. The van der Waals surface area contributed by atoms with Gasteiger partial charge in [0.15, 0.2) is 15.0 Å². The van der Waals surface area contributed by atoms with Crippen LogP contribution in [0.1, 0.15) is 0 Å². The fourth-order valence-electron chi connectivity index (χ4n) is 2.86. The first kappa shape index (κ1) is 19.2. The van der Waals surface area contributed by atoms with E-state index < -0.39 is 34.9 Å². The van der Waals surface area contributed by atoms with Crippen molar-refractivity contribution >= 4 is 55.9 Å². The summed E-state index contributed by atoms with van der Waals surface area (Å²) >= 11 is 7.46. The summed E-state index contributed by atoms with van der Waals surface area (Å²) in [5.41, 5.74) is 0.573. The highest BCUT2D eigenvalue weighted by molar-refractivity contribution is 8.16. The lowest BCUT2D eigenvalue weighted by atomic mass is 10.2. The molecule has 0 spiro atoms. The number of amides is 1. The summed E-state index contributed by atoms with van der Waals surface area (Å²) in [6.45, 7) is -1.07. The van der Waals surface area contributed by atoms with Crippen molar-refractivity contribution in [2.75, 3.05) is 29.6 Å². The number of fused-ring (bicyclic) bond motifs is 1. The number of halogens is 1. The molecule has 2 aliphatic rings. The molecule has 2 aliphatic heterocycles. The van der Waals surface area contributed by atoms with E-state index in [0.29, 0.717) is 15.9 Å². The zero-order valence-corrected chi connectivity index (χ0v) is 15.8. The van der Waals surface area contributed by atoms with Crippen molar-refractivity contribution < 1.29 is 27.9 Å². The number of amidine groups is 1. The fourth-order valence-corrected chi connectivity index (χ4v) is 7.01. The monoisotopic (exact) mass is 418 g/mol. The number of carboxylic acid groups (broad SMARTS) is 1. The maximum atomic E-state index is 12.0. The number of nitrogens with zero attached hydrogens (tertiary/aromatic N) is 2. The van der Waals surface area contributed by atoms with Crippen molar-refractivity contribution in [3.8, 4) is 0 Å². The van der Waals surface area contributed by atoms with Crippen LogP contribution in [-0.2, 0) is 24.2 Å². The van der Waals surface area contributed by atoms with Crippen LogP contribution in [-0.4, -0.2) is 66.6 Å². The summed E-state index contributed by atoms with van der Waals surface area (Å²) in [5.74, 6) is -1.86. The van der Waals surface area contributed by atoms with Gasteiger partial charge in [-0.1, -0.05) is 35.5 Å². The quantitative estimate of drug-likeness (QED) is 0.754. The molecule has 0 aromatic heterocycles. The van der Waals surface area contributed by atoms with Crippen LogP contribution in [0.4, 0.5) is 5.69 Å². The minimum Gasteiger partial charge on any atom is -0.480 e. The highest BCUT2D eigenvalue weighted by Gasteiger charge is 2.49. The molecule has 140 valence electrons. The van der Waals surface area contributed by atoms with E-state index in [1.165, 1.54) is 11.8 Å². The molecule has 1 aromatic carbocycles. The molecule has 1 N–H and O–H groups in total. The van der Waals surface area contributed by atoms with Crippen LogP contribution in [0.5, 0.6) is 0 Å². The number of benzene rings is 1. The number of carbonyl (C=O) groups excluding carboxylic acids is 1. The van der Waals surface area contributed by atoms with Crippen LogP contribution in [0.25, 0.3) is 0 Å². The Bertz CT molecular complexity index is 873. The molecular formula is C15H15ClN2O6S2. The molecule has 0 bridgehead atoms. The second-order valence-corrected chi connectivity index (χ2v) is 9.56. The molecule has 0 aliphatic carbocycles. The van der Waals surface area contributed by atoms with Gasteiger partial charge in [-0.05, 0) is 12.1 Å². The van der Waals surface area contributed by atoms with E-state index >= 15 is 0 Å². The van der Waals surface area contributed by atoms with E-state index in [-0.39, 0.29) is 22.8 Å². The Kier molecular flexibility index (Phi) is 5.56. The van der Waals surface area contributed by atoms with Crippen molar-refractivity contribution in [2.24, 2.45) is 4.99 Å². The lowest BCUT2D eigenvalue weighted by molar-refractivity contribution is -0.143. The number of carboxylic acids is 1. The molecule has 2 heterocycles. The van der Waals surface area contributed by atoms with Gasteiger partial charge in [-0.2, -0.15) is 4.99 Å². The number of rotatable bonds is 5. The summed E-state index contributed by atoms with van der Waals surface area (Å²) in [6.07, 6.45) is 0. The van der Waals surface area contributed by atoms with Crippen molar-refractivity contribution in [1.29, 1.82) is 0 Å². The van der Waals surface area contributed by atoms with Crippen LogP contribution in [0.3, 0.4) is 0 Å². The highest BCUT2D eigenvalue weighted by atomic mass is 35.5. The van der Waals surface area contributed by atoms with Gasteiger partial charge >= 0.3 is 5.97 Å². The molecule has 0 unspecified atom stereocenters. The second kappa shape index (κ2) is 7.55. The SMILES string of the molecule is O=C(O)COCC(=O)N=C1S[C@H]2CS(=O)(=O)C[C@H]2N1c1ccccc1Cl. The molecule has 3 rings (SSSR count). The largest absolute Gasteiger partial charge is 0.480 e. The van der Waals surface area contributed by atoms with Crippen molar-refractivity contribution in [3.05, 3.63) is 29.3 Å². The lowest BCUT2D eigenvalue weighted by Gasteiger charge is -2.25. The molecule has 11 heteroatoms. The van der Waals surface area contributed by atoms with Gasteiger partial charge in [0.05, 0.1) is 28.3 Å². The van der Waals surface area contributed by atoms with E-state index in [0.717, 1.165) is 0 Å². The van der Waals surface area contributed by atoms with Gasteiger partial charge in [0.2, 0.25) is 0 Å². The molecule has 2 saturated heterocycles. The van der Waals surface area contributed by atoms with Crippen molar-refractivity contribution in [2.45, 2.75) is 11.3 Å². The third kappa shape index (κ3) is 4.20. The number of ether oxygens (including phenoxy) is 1. The smallest absolute Gasteiger partial charge is 0.329 e. The first-order chi connectivity index (χ1) is 12.3. The molecule has 0 radical (unpaired) electrons. The number of anilines is 1. The first-order valence-corrected chi connectivity index (χ1v) is 10.7. The second-order valence-electron chi connectivity index (χ2n) is 5.80. The summed E-state index contributed by atoms with van der Waals surface area (Å²) < 4.78 is 28.7. The number of hydrogen-bond donors (Lipinski definition) is 1. The minimum atomic E-state index is -3.17. The number of para-hydroxylation sites is 1. The number of thioether (sulfide) groups is 1. The molecular weight excluding hydrogens is 404 g/mol. The van der Waals surface area contributed by atoms with Crippen molar-refractivity contribution in [3.63, 3.8) is 0 Å². The molecule has 2 fully saturated rings. The summed E-state index contributed by atoms with van der Waals surface area (Å²) in [5, 5.41) is 9.04. The average Bonchev–Trinajstić information content (AvgIpc) is 2.98. The van der Waals surface area contributed by atoms with Gasteiger partial charge in [0, 0.05) is 5.25 Å². The maximum absolute atomic E-state index is 12.0. The molecule has 8 nitrogen and oxygen atoms in total. The number of carbonyl (C=O) groups is 2. The number of aliphatic imine (C=N–C) groups is 1. The Morgan fingerprint density at radius 2 is 2.04 bits per heavy atom. The molecule has 26 heavy (non-hydrogen) atoms. The highest BCUT2D eigenvalue weighted by Crippen LogP contribution is 2.42. The van der Waals surface area contributed by atoms with Crippen molar-refractivity contribution in [1.82, 2.24) is 0 Å². The van der Waals surface area contributed by atoms with E-state index in [1.54, 1.807) is 29.2 Å². The van der Waals surface area contributed by atoms with Crippen LogP contribution < -0.4 is 4.90 Å². The van der Waals surface area contributed by atoms with Gasteiger partial charge in [0.1, 0.15) is 13.2 Å². The first-order valence-electron chi connectivity index (χ1n) is 7.59. The Morgan fingerprint density at radius 3 is 2.73 bits per heavy atom. The Morgan fingerprint density at radius 1 is 1.31 bits per heavy atom. The summed E-state index contributed by atoms with van der Waals surface area (Å²) in [6, 6.07) is 6.55. The van der Waals surface area contributed by atoms with Gasteiger partial charge in [-0.3, -0.25) is 4.79 Å². The Labute approximate surface area is 159 Å². The average molecular weight is 419 g/mol. The van der Waals surface area contributed by atoms with E-state index in [4.69, 9.17) is 21.4 Å². The van der Waals surface area contributed by atoms with Crippen LogP contribution in [0.15, 0.2) is 29.3 Å². The maximum Gasteiger partial charge on any atom is 0.329 e. The van der Waals surface area contributed by atoms with E-state index in [9.17, 15) is 18.0 Å². The van der Waals surface area contributed by atoms with Crippen LogP contribution in [0, 0.1) is 0 Å². The predicted molar refractivity (Wildman–Crippen MR) is 98.6 cm³/mol. The third-order valence-electron chi connectivity index (χ3n) is 3.85. The molecule has 0 saturated carbocycles. The number of hydrogen-bond acceptors (Lipinski definition) is 6. The summed E-state index contributed by atoms with van der Waals surface area (Å²) in [7, 11) is -3.17. The Balaban J connectivity index is 1.87. The Hall–Kier alpha value is -1.62. The van der Waals surface area contributed by atoms with Gasteiger partial charge in [-0.25, -0.2) is 13.2 Å². The fraction of sp³-hybridized carbons (Fsp3) is 0.400. The molecule has 1 amide bonds. The topological polar surface area (TPSA) is 113 Å². The zero-order valence-electron chi connectivity index (χ0n) is 13.4. The molecule has 2 atom stereocenters. The van der Waals surface area contributed by atoms with Gasteiger partial charge in [0.25, 0.3) is 5.91 Å². The number of aliphatic carboxylic acids is 1. The van der Waals surface area contributed by atoms with E-state index in [1.807, 2.05) is 0 Å². The van der Waals surface area contributed by atoms with Crippen LogP contribution >= 0.6 is 23.4 Å². The summed E-state index contributed by atoms with van der Waals surface area (Å²) in [4.78, 5) is 28.1. The van der Waals surface area contributed by atoms with Crippen LogP contribution in [0.2, 0.25) is 5.02 Å². The predicted octanol–water partition coefficient (Wildman–Crippen LogP) is 1.04. The lowest BCUT2D eigenvalue weighted by Crippen LogP contribution is -2.38. The van der Waals surface area contributed by atoms with Gasteiger partial charge in [-0.15, -0.1) is 0 Å². The van der Waals surface area contributed by atoms with Gasteiger partial charge < -0.3 is 14.7 Å². The standard InChI is InChI=1S/C15H15ClN2O6S2/c16-9-3-1-2-4-10(9)18-11-7-26(22,23)8-12(11)25-15(18)17-13(19)5-24-6-14(20)21/h1-4,11-12H,5-8H2,(H,20,21)/t11-,12+/m1/s1. The zero-order chi connectivity index (χ0) is 18.9. The van der Waals surface area contributed by atoms with E-state index in [2.05, 4.69) is 4.99 Å².